The van der Waals surface area contributed by atoms with Crippen molar-refractivity contribution in [2.24, 2.45) is 0 Å². The van der Waals surface area contributed by atoms with Crippen molar-refractivity contribution in [3.8, 4) is 0 Å². The first-order chi connectivity index (χ1) is 8.24. The summed E-state index contributed by atoms with van der Waals surface area (Å²) < 4.78 is 1.35. The Balaban J connectivity index is 0.000000450. The van der Waals surface area contributed by atoms with E-state index in [1.807, 2.05) is 19.9 Å². The average Bonchev–Trinajstić information content (AvgIpc) is 2.70. The Hall–Kier alpha value is -1.08. The van der Waals surface area contributed by atoms with Gasteiger partial charge in [0.05, 0.1) is 0 Å². The fourth-order valence-electron chi connectivity index (χ4n) is 1.39. The van der Waals surface area contributed by atoms with Crippen LogP contribution in [0.1, 0.15) is 44.6 Å². The lowest BCUT2D eigenvalue weighted by Crippen LogP contribution is -1.68. The van der Waals surface area contributed by atoms with Crippen LogP contribution in [0.5, 0.6) is 0 Å². The molecule has 1 heterocycles. The predicted molar refractivity (Wildman–Crippen MR) is 84.0 cm³/mol. The molecule has 0 radical (unpaired) electrons. The van der Waals surface area contributed by atoms with E-state index in [-0.39, 0.29) is 0 Å². The van der Waals surface area contributed by atoms with Gasteiger partial charge >= 0.3 is 0 Å². The minimum atomic E-state index is 1.25. The Bertz CT molecular complexity index is 438. The molecule has 17 heavy (non-hydrogen) atoms. The van der Waals surface area contributed by atoms with E-state index in [2.05, 4.69) is 51.6 Å². The summed E-state index contributed by atoms with van der Waals surface area (Å²) in [6.45, 7) is 14.2. The number of hydrogen-bond acceptors (Lipinski definition) is 1. The molecule has 0 spiro atoms. The molecule has 1 heteroatoms. The summed E-state index contributed by atoms with van der Waals surface area (Å²) >= 11 is 1.81. The third-order valence-electron chi connectivity index (χ3n) is 2.07. The molecule has 0 saturated carbocycles. The van der Waals surface area contributed by atoms with Crippen molar-refractivity contribution in [3.05, 3.63) is 41.3 Å². The summed E-state index contributed by atoms with van der Waals surface area (Å²) in [5.41, 5.74) is 1.35. The van der Waals surface area contributed by atoms with E-state index in [0.29, 0.717) is 0 Å². The molecule has 0 nitrogen and oxygen atoms in total. The molecule has 1 aromatic heterocycles. The van der Waals surface area contributed by atoms with E-state index in [0.717, 1.165) is 0 Å². The fourth-order valence-corrected chi connectivity index (χ4v) is 2.45. The Morgan fingerprint density at radius 3 is 2.18 bits per heavy atom. The number of hydrogen-bond donors (Lipinski definition) is 0. The van der Waals surface area contributed by atoms with Gasteiger partial charge in [0, 0.05) is 9.58 Å². The van der Waals surface area contributed by atoms with Crippen LogP contribution in [0.2, 0.25) is 0 Å². The van der Waals surface area contributed by atoms with Gasteiger partial charge in [-0.2, -0.15) is 0 Å². The van der Waals surface area contributed by atoms with Gasteiger partial charge in [-0.25, -0.2) is 0 Å². The van der Waals surface area contributed by atoms with Gasteiger partial charge in [-0.05, 0) is 23.9 Å². The van der Waals surface area contributed by atoms with Crippen LogP contribution in [0.15, 0.2) is 30.8 Å². The van der Waals surface area contributed by atoms with Crippen LogP contribution < -0.4 is 0 Å². The van der Waals surface area contributed by atoms with Gasteiger partial charge in [-0.3, -0.25) is 0 Å². The molecule has 0 unspecified atom stereocenters. The van der Waals surface area contributed by atoms with Crippen molar-refractivity contribution in [2.75, 3.05) is 0 Å². The first-order valence-corrected chi connectivity index (χ1v) is 7.16. The Morgan fingerprint density at radius 2 is 1.71 bits per heavy atom. The number of benzene rings is 1. The molecule has 2 aromatic rings. The van der Waals surface area contributed by atoms with E-state index < -0.39 is 0 Å². The van der Waals surface area contributed by atoms with Crippen molar-refractivity contribution in [1.29, 1.82) is 0 Å². The van der Waals surface area contributed by atoms with Gasteiger partial charge in [0.1, 0.15) is 0 Å². The molecule has 0 bridgehead atoms. The van der Waals surface area contributed by atoms with Crippen LogP contribution in [0.3, 0.4) is 0 Å². The van der Waals surface area contributed by atoms with Crippen molar-refractivity contribution in [2.45, 2.75) is 41.0 Å². The highest BCUT2D eigenvalue weighted by atomic mass is 32.1. The minimum absolute atomic E-state index is 1.25. The maximum atomic E-state index is 3.80. The van der Waals surface area contributed by atoms with Gasteiger partial charge in [-0.15, -0.1) is 11.3 Å². The van der Waals surface area contributed by atoms with Crippen LogP contribution in [0.4, 0.5) is 0 Å². The molecule has 94 valence electrons. The quantitative estimate of drug-likeness (QED) is 0.556. The summed E-state index contributed by atoms with van der Waals surface area (Å²) in [7, 11) is 0. The molecule has 2 rings (SSSR count). The molecule has 0 N–H and O–H groups in total. The maximum Gasteiger partial charge on any atom is 0.0351 e. The van der Waals surface area contributed by atoms with E-state index >= 15 is 0 Å². The summed E-state index contributed by atoms with van der Waals surface area (Å²) in [5, 5.41) is 1.36. The first kappa shape index (κ1) is 15.9. The first-order valence-electron chi connectivity index (χ1n) is 6.35. The van der Waals surface area contributed by atoms with Crippen molar-refractivity contribution in [1.82, 2.24) is 0 Å². The molecule has 0 amide bonds. The predicted octanol–water partition coefficient (Wildman–Crippen LogP) is 6.30. The lowest BCUT2D eigenvalue weighted by molar-refractivity contribution is 1.09. The molecule has 0 saturated heterocycles. The highest BCUT2D eigenvalue weighted by Gasteiger charge is 2.03. The molecule has 0 fully saturated rings. The van der Waals surface area contributed by atoms with Gasteiger partial charge in [0.2, 0.25) is 0 Å². The fraction of sp³-hybridized carbons (Fsp3) is 0.375. The normalized spacial score (nSPS) is 8.76. The monoisotopic (exact) mass is 248 g/mol. The Labute approximate surface area is 110 Å². The molecular formula is C16H24S. The lowest BCUT2D eigenvalue weighted by Gasteiger charge is -1.89. The number of aryl methyl sites for hydroxylation is 1. The summed E-state index contributed by atoms with van der Waals surface area (Å²) in [5.74, 6) is 0. The second kappa shape index (κ2) is 9.00. The van der Waals surface area contributed by atoms with Gasteiger partial charge in [0.25, 0.3) is 0 Å². The highest BCUT2D eigenvalue weighted by Crippen LogP contribution is 2.30. The van der Waals surface area contributed by atoms with Crippen molar-refractivity contribution in [3.63, 3.8) is 0 Å². The third-order valence-corrected chi connectivity index (χ3v) is 3.33. The third kappa shape index (κ3) is 4.35. The molecule has 0 atom stereocenters. The van der Waals surface area contributed by atoms with E-state index in [1.54, 1.807) is 11.3 Å². The number of rotatable bonds is 1. The van der Waals surface area contributed by atoms with E-state index in [1.165, 1.54) is 26.9 Å². The molecule has 0 aliphatic carbocycles. The van der Waals surface area contributed by atoms with Gasteiger partial charge < -0.3 is 0 Å². The minimum Gasteiger partial charge on any atom is -0.136 e. The van der Waals surface area contributed by atoms with Crippen LogP contribution >= 0.6 is 11.3 Å². The van der Waals surface area contributed by atoms with Crippen LogP contribution in [0.25, 0.3) is 16.2 Å². The number of fused-ring (bicyclic) bond motifs is 1. The largest absolute Gasteiger partial charge is 0.136 e. The Kier molecular flexibility index (Phi) is 8.43. The Morgan fingerprint density at radius 1 is 1.18 bits per heavy atom. The zero-order valence-electron chi connectivity index (χ0n) is 11.7. The summed E-state index contributed by atoms with van der Waals surface area (Å²) in [4.78, 5) is 1.29. The molecular weight excluding hydrogens is 224 g/mol. The van der Waals surface area contributed by atoms with Crippen molar-refractivity contribution >= 4 is 27.5 Å². The second-order valence-corrected chi connectivity index (χ2v) is 4.58. The van der Waals surface area contributed by atoms with Crippen LogP contribution in [-0.2, 0) is 0 Å². The zero-order chi connectivity index (χ0) is 13.3. The molecule has 0 aliphatic heterocycles. The van der Waals surface area contributed by atoms with E-state index in [4.69, 9.17) is 0 Å². The highest BCUT2D eigenvalue weighted by molar-refractivity contribution is 7.20. The standard InChI is InChI=1S/C11H10S.C3H8.C2H6/c1-3-10-8(2)9-6-4-5-7-11(9)12-10;1-3-2;1-2/h3-7H,1H2,2H3;3H2,1-2H3;1-2H3. The zero-order valence-corrected chi connectivity index (χ0v) is 12.5. The van der Waals surface area contributed by atoms with Crippen molar-refractivity contribution < 1.29 is 0 Å². The average molecular weight is 248 g/mol. The maximum absolute atomic E-state index is 3.80. The molecule has 0 aliphatic rings. The van der Waals surface area contributed by atoms with Gasteiger partial charge in [0.15, 0.2) is 0 Å². The molecule has 1 aromatic carbocycles. The van der Waals surface area contributed by atoms with Gasteiger partial charge in [-0.1, -0.05) is 65.0 Å². The number of thiophene rings is 1. The smallest absolute Gasteiger partial charge is 0.0351 e. The van der Waals surface area contributed by atoms with Crippen LogP contribution in [-0.4, -0.2) is 0 Å². The lowest BCUT2D eigenvalue weighted by atomic mass is 10.1. The summed E-state index contributed by atoms with van der Waals surface area (Å²) in [6, 6.07) is 8.47. The van der Waals surface area contributed by atoms with Crippen LogP contribution in [0, 0.1) is 6.92 Å². The topological polar surface area (TPSA) is 0 Å². The second-order valence-electron chi connectivity index (χ2n) is 3.50. The SMILES string of the molecule is C=Cc1sc2ccccc2c1C.CC.CCC. The van der Waals surface area contributed by atoms with E-state index in [9.17, 15) is 0 Å². The summed E-state index contributed by atoms with van der Waals surface area (Å²) in [6.07, 6.45) is 3.18.